The number of phenols is 3. The van der Waals surface area contributed by atoms with E-state index >= 15 is 0 Å². The molecular formula is C25H16Cl6O9. The van der Waals surface area contributed by atoms with Gasteiger partial charge in [0.15, 0.2) is 22.8 Å². The third kappa shape index (κ3) is 7.48. The average molecular weight is 673 g/mol. The number of esters is 3. The van der Waals surface area contributed by atoms with Crippen LogP contribution in [0.1, 0.15) is 38.0 Å². The van der Waals surface area contributed by atoms with Crippen molar-refractivity contribution >= 4 is 87.5 Å². The van der Waals surface area contributed by atoms with E-state index in [1.807, 2.05) is 0 Å². The van der Waals surface area contributed by atoms with Crippen LogP contribution in [-0.2, 0) is 14.2 Å². The maximum absolute atomic E-state index is 12.9. The molecule has 0 saturated carbocycles. The summed E-state index contributed by atoms with van der Waals surface area (Å²) in [5, 5.41) is 27.9. The number of carbonyl (C=O) groups excluding carboxylic acids is 3. The summed E-state index contributed by atoms with van der Waals surface area (Å²) < 4.78 is 16.0. The molecule has 0 spiro atoms. The molecule has 0 aliphatic heterocycles. The number of hydrogen-bond donors (Lipinski definition) is 3. The number of benzene rings is 3. The van der Waals surface area contributed by atoms with Gasteiger partial charge in [-0.1, -0.05) is 69.6 Å². The molecule has 0 aliphatic carbocycles. The molecule has 0 aliphatic rings. The van der Waals surface area contributed by atoms with E-state index in [-0.39, 0.29) is 46.8 Å². The van der Waals surface area contributed by atoms with E-state index in [0.29, 0.717) is 0 Å². The molecule has 0 aromatic heterocycles. The van der Waals surface area contributed by atoms with Gasteiger partial charge in [-0.2, -0.15) is 0 Å². The van der Waals surface area contributed by atoms with Gasteiger partial charge in [0.05, 0.1) is 46.8 Å². The quantitative estimate of drug-likeness (QED) is 0.165. The molecule has 3 rings (SSSR count). The van der Waals surface area contributed by atoms with E-state index < -0.39 is 54.0 Å². The van der Waals surface area contributed by atoms with Crippen LogP contribution in [0.4, 0.5) is 0 Å². The number of carbonyl (C=O) groups is 3. The fraction of sp³-hybridized carbons (Fsp3) is 0.160. The molecule has 9 nitrogen and oxygen atoms in total. The Kier molecular flexibility index (Phi) is 10.2. The Morgan fingerprint density at radius 3 is 1.10 bits per heavy atom. The lowest BCUT2D eigenvalue weighted by atomic mass is 10.1. The minimum absolute atomic E-state index is 0.135. The predicted molar refractivity (Wildman–Crippen MR) is 149 cm³/mol. The molecule has 0 bridgehead atoms. The zero-order chi connectivity index (χ0) is 29.9. The SMILES string of the molecule is CC(COC(=O)c1cc(Cl)c(O)c(Cl)c1)(COC(=O)c1cc(Cl)c(O)c(Cl)c1)OC(=O)c1cc(Cl)c(O)c(Cl)c1. The first-order valence-corrected chi connectivity index (χ1v) is 13.0. The van der Waals surface area contributed by atoms with Gasteiger partial charge in [0.25, 0.3) is 0 Å². The first-order valence-electron chi connectivity index (χ1n) is 10.7. The monoisotopic (exact) mass is 670 g/mol. The lowest BCUT2D eigenvalue weighted by Gasteiger charge is -2.28. The van der Waals surface area contributed by atoms with Crippen molar-refractivity contribution in [3.8, 4) is 17.2 Å². The van der Waals surface area contributed by atoms with E-state index in [9.17, 15) is 29.7 Å². The van der Waals surface area contributed by atoms with Gasteiger partial charge in [-0.15, -0.1) is 0 Å². The van der Waals surface area contributed by atoms with Crippen molar-refractivity contribution in [2.24, 2.45) is 0 Å². The molecule has 0 saturated heterocycles. The Morgan fingerprint density at radius 1 is 0.575 bits per heavy atom. The zero-order valence-electron chi connectivity index (χ0n) is 19.9. The van der Waals surface area contributed by atoms with Gasteiger partial charge in [0, 0.05) is 0 Å². The molecule has 0 unspecified atom stereocenters. The van der Waals surface area contributed by atoms with E-state index in [1.54, 1.807) is 0 Å². The zero-order valence-corrected chi connectivity index (χ0v) is 24.5. The second kappa shape index (κ2) is 12.8. The highest BCUT2D eigenvalue weighted by Crippen LogP contribution is 2.35. The van der Waals surface area contributed by atoms with E-state index in [0.717, 1.165) is 36.4 Å². The Bertz CT molecular complexity index is 1370. The summed E-state index contributed by atoms with van der Waals surface area (Å²) in [6.07, 6.45) is 0. The number of rotatable bonds is 8. The molecule has 0 amide bonds. The van der Waals surface area contributed by atoms with Gasteiger partial charge in [0.1, 0.15) is 13.2 Å². The summed E-state index contributed by atoms with van der Waals surface area (Å²) >= 11 is 35.2. The summed E-state index contributed by atoms with van der Waals surface area (Å²) in [6, 6.07) is 6.59. The van der Waals surface area contributed by atoms with Crippen LogP contribution in [-0.4, -0.2) is 52.0 Å². The Morgan fingerprint density at radius 2 is 0.825 bits per heavy atom. The second-order valence-corrected chi connectivity index (χ2v) is 10.8. The summed E-state index contributed by atoms with van der Waals surface area (Å²) in [5.41, 5.74) is -2.26. The molecule has 0 radical (unpaired) electrons. The smallest absolute Gasteiger partial charge is 0.339 e. The van der Waals surface area contributed by atoms with E-state index in [1.165, 1.54) is 6.92 Å². The maximum Gasteiger partial charge on any atom is 0.339 e. The lowest BCUT2D eigenvalue weighted by molar-refractivity contribution is -0.0752. The molecule has 0 atom stereocenters. The highest BCUT2D eigenvalue weighted by Gasteiger charge is 2.34. The maximum atomic E-state index is 12.9. The Labute approximate surface area is 256 Å². The first kappa shape index (κ1) is 31.7. The second-order valence-electron chi connectivity index (χ2n) is 8.36. The summed E-state index contributed by atoms with van der Waals surface area (Å²) in [6.45, 7) is -0.0160. The number of phenolic OH excluding ortho intramolecular Hbond substituents is 3. The van der Waals surface area contributed by atoms with Gasteiger partial charge in [-0.25, -0.2) is 14.4 Å². The van der Waals surface area contributed by atoms with Gasteiger partial charge >= 0.3 is 17.9 Å². The van der Waals surface area contributed by atoms with Crippen molar-refractivity contribution in [1.82, 2.24) is 0 Å². The third-order valence-corrected chi connectivity index (χ3v) is 6.84. The first-order chi connectivity index (χ1) is 18.6. The summed E-state index contributed by atoms with van der Waals surface area (Å²) in [5.74, 6) is -4.29. The van der Waals surface area contributed by atoms with Crippen LogP contribution in [0.25, 0.3) is 0 Å². The van der Waals surface area contributed by atoms with Crippen molar-refractivity contribution in [2.45, 2.75) is 12.5 Å². The van der Waals surface area contributed by atoms with E-state index in [4.69, 9.17) is 83.8 Å². The van der Waals surface area contributed by atoms with Crippen molar-refractivity contribution in [3.05, 3.63) is 83.2 Å². The minimum atomic E-state index is -1.81. The lowest BCUT2D eigenvalue weighted by Crippen LogP contribution is -2.43. The average Bonchev–Trinajstić information content (AvgIpc) is 2.89. The molecule has 40 heavy (non-hydrogen) atoms. The molecule has 212 valence electrons. The van der Waals surface area contributed by atoms with Gasteiger partial charge in [0.2, 0.25) is 0 Å². The Hall–Kier alpha value is -2.79. The fourth-order valence-corrected chi connectivity index (χ4v) is 4.50. The van der Waals surface area contributed by atoms with Crippen molar-refractivity contribution in [2.75, 3.05) is 13.2 Å². The van der Waals surface area contributed by atoms with E-state index in [2.05, 4.69) is 0 Å². The molecular weight excluding hydrogens is 657 g/mol. The molecule has 3 aromatic carbocycles. The molecule has 3 N–H and O–H groups in total. The molecule has 3 aromatic rings. The number of halogens is 6. The fourth-order valence-electron chi connectivity index (χ4n) is 3.04. The number of hydrogen-bond acceptors (Lipinski definition) is 9. The van der Waals surface area contributed by atoms with Crippen LogP contribution in [0, 0.1) is 0 Å². The summed E-state index contributed by atoms with van der Waals surface area (Å²) in [4.78, 5) is 38.3. The van der Waals surface area contributed by atoms with Crippen molar-refractivity contribution in [1.29, 1.82) is 0 Å². The Balaban J connectivity index is 1.85. The number of aromatic hydroxyl groups is 3. The van der Waals surface area contributed by atoms with Gasteiger partial charge in [-0.3, -0.25) is 0 Å². The minimum Gasteiger partial charge on any atom is -0.505 e. The molecule has 15 heteroatoms. The van der Waals surface area contributed by atoms with Crippen LogP contribution in [0.3, 0.4) is 0 Å². The van der Waals surface area contributed by atoms with Crippen molar-refractivity contribution < 1.29 is 43.9 Å². The normalized spacial score (nSPS) is 11.2. The highest BCUT2D eigenvalue weighted by atomic mass is 35.5. The molecule has 0 fully saturated rings. The topological polar surface area (TPSA) is 140 Å². The standard InChI is InChI=1S/C25H16Cl6O9/c1-25(40-24(37)12-6-17(30)21(34)18(31)7-12,8-38-22(35)10-2-13(26)19(32)14(27)3-10)9-39-23(36)11-4-15(28)20(33)16(29)5-11/h2-7,32-34H,8-9H2,1H3. The summed E-state index contributed by atoms with van der Waals surface area (Å²) in [7, 11) is 0. The highest BCUT2D eigenvalue weighted by molar-refractivity contribution is 6.38. The number of ether oxygens (including phenoxy) is 3. The molecule has 0 heterocycles. The van der Waals surface area contributed by atoms with Crippen LogP contribution in [0.2, 0.25) is 30.1 Å². The van der Waals surface area contributed by atoms with Crippen molar-refractivity contribution in [3.63, 3.8) is 0 Å². The van der Waals surface area contributed by atoms with Gasteiger partial charge in [-0.05, 0) is 43.3 Å². The van der Waals surface area contributed by atoms with Crippen LogP contribution >= 0.6 is 69.6 Å². The third-order valence-electron chi connectivity index (χ3n) is 5.11. The van der Waals surface area contributed by atoms with Crippen LogP contribution in [0.5, 0.6) is 17.2 Å². The predicted octanol–water partition coefficient (Wildman–Crippen LogP) is 7.35. The van der Waals surface area contributed by atoms with Crippen LogP contribution in [0.15, 0.2) is 36.4 Å². The van der Waals surface area contributed by atoms with Gasteiger partial charge < -0.3 is 29.5 Å². The van der Waals surface area contributed by atoms with Crippen LogP contribution < -0.4 is 0 Å². The largest absolute Gasteiger partial charge is 0.505 e.